The van der Waals surface area contributed by atoms with Gasteiger partial charge in [-0.25, -0.2) is 0 Å². The summed E-state index contributed by atoms with van der Waals surface area (Å²) in [7, 11) is 0. The Morgan fingerprint density at radius 1 is 1.09 bits per heavy atom. The Labute approximate surface area is 137 Å². The summed E-state index contributed by atoms with van der Waals surface area (Å²) in [4.78, 5) is 5.01. The van der Waals surface area contributed by atoms with E-state index in [-0.39, 0.29) is 6.04 Å². The van der Waals surface area contributed by atoms with Crippen LogP contribution in [0.15, 0.2) is 53.5 Å². The molecular weight excluding hydrogens is 288 g/mol. The molecule has 0 aromatic heterocycles. The quantitative estimate of drug-likeness (QED) is 0.911. The second-order valence-electron chi connectivity index (χ2n) is 5.70. The Bertz CT molecular complexity index is 656. The third kappa shape index (κ3) is 3.53. The summed E-state index contributed by atoms with van der Waals surface area (Å²) in [5, 5.41) is 4.47. The van der Waals surface area contributed by atoms with Gasteiger partial charge in [0, 0.05) is 12.3 Å². The standard InChI is InChI=1S/C19H22N2S/c1-14-7-6-10-17(15(14)2)18(21-19-20-11-12-22-19)13-16-8-4-3-5-9-16/h3-10,18H,11-13H2,1-2H3,(H,20,21). The number of nitrogens with one attached hydrogen (secondary N) is 1. The van der Waals surface area contributed by atoms with E-state index in [2.05, 4.69) is 67.7 Å². The van der Waals surface area contributed by atoms with E-state index in [4.69, 9.17) is 4.99 Å². The molecule has 3 heteroatoms. The lowest BCUT2D eigenvalue weighted by Crippen LogP contribution is -2.15. The first kappa shape index (κ1) is 15.2. The van der Waals surface area contributed by atoms with E-state index >= 15 is 0 Å². The van der Waals surface area contributed by atoms with E-state index < -0.39 is 0 Å². The molecule has 3 rings (SSSR count). The van der Waals surface area contributed by atoms with Crippen LogP contribution in [0.1, 0.15) is 28.3 Å². The molecule has 1 saturated heterocycles. The Balaban J connectivity index is 1.95. The van der Waals surface area contributed by atoms with Gasteiger partial charge in [-0.3, -0.25) is 4.99 Å². The molecule has 2 aromatic rings. The van der Waals surface area contributed by atoms with Crippen LogP contribution >= 0.6 is 11.8 Å². The maximum absolute atomic E-state index is 5.01. The Morgan fingerprint density at radius 3 is 2.64 bits per heavy atom. The van der Waals surface area contributed by atoms with Crippen LogP contribution in [0.25, 0.3) is 0 Å². The molecule has 2 nitrogen and oxygen atoms in total. The molecule has 1 unspecified atom stereocenters. The van der Waals surface area contributed by atoms with Crippen LogP contribution in [0.2, 0.25) is 0 Å². The smallest absolute Gasteiger partial charge is 0.157 e. The summed E-state index contributed by atoms with van der Waals surface area (Å²) >= 11 is 1.82. The van der Waals surface area contributed by atoms with Gasteiger partial charge in [0.05, 0.1) is 6.04 Å². The monoisotopic (exact) mass is 310 g/mol. The highest BCUT2D eigenvalue weighted by molar-refractivity contribution is 8.14. The molecule has 1 fully saturated rings. The Morgan fingerprint density at radius 2 is 1.91 bits per heavy atom. The van der Waals surface area contributed by atoms with Crippen molar-refractivity contribution in [1.29, 1.82) is 0 Å². The number of benzene rings is 2. The summed E-state index contributed by atoms with van der Waals surface area (Å²) in [5.41, 5.74) is 5.37. The fourth-order valence-corrected chi connectivity index (χ4v) is 3.58. The largest absolute Gasteiger partial charge is 0.364 e. The molecule has 22 heavy (non-hydrogen) atoms. The van der Waals surface area contributed by atoms with Gasteiger partial charge in [-0.2, -0.15) is 0 Å². The van der Waals surface area contributed by atoms with Gasteiger partial charge in [-0.05, 0) is 42.5 Å². The molecule has 1 heterocycles. The first-order valence-electron chi connectivity index (χ1n) is 7.78. The zero-order valence-corrected chi connectivity index (χ0v) is 14.0. The van der Waals surface area contributed by atoms with Crippen molar-refractivity contribution in [2.24, 2.45) is 4.99 Å². The lowest BCUT2D eigenvalue weighted by molar-refractivity contribution is 0.715. The minimum Gasteiger partial charge on any atom is -0.364 e. The molecule has 1 aliphatic rings. The van der Waals surface area contributed by atoms with Gasteiger partial charge in [-0.1, -0.05) is 60.3 Å². The Kier molecular flexibility index (Phi) is 4.84. The first-order chi connectivity index (χ1) is 10.7. The summed E-state index contributed by atoms with van der Waals surface area (Å²) in [6, 6.07) is 17.4. The molecule has 0 bridgehead atoms. The number of rotatable bonds is 4. The predicted molar refractivity (Wildman–Crippen MR) is 96.7 cm³/mol. The van der Waals surface area contributed by atoms with Gasteiger partial charge >= 0.3 is 0 Å². The van der Waals surface area contributed by atoms with Crippen molar-refractivity contribution in [2.75, 3.05) is 12.3 Å². The second kappa shape index (κ2) is 7.01. The maximum Gasteiger partial charge on any atom is 0.157 e. The fraction of sp³-hybridized carbons (Fsp3) is 0.316. The fourth-order valence-electron chi connectivity index (χ4n) is 2.78. The van der Waals surface area contributed by atoms with Crippen molar-refractivity contribution >= 4 is 16.9 Å². The number of amidine groups is 1. The zero-order chi connectivity index (χ0) is 15.4. The number of aryl methyl sites for hydroxylation is 1. The zero-order valence-electron chi connectivity index (χ0n) is 13.2. The molecule has 0 amide bonds. The third-order valence-corrected chi connectivity index (χ3v) is 5.10. The highest BCUT2D eigenvalue weighted by atomic mass is 32.2. The van der Waals surface area contributed by atoms with E-state index in [1.54, 1.807) is 0 Å². The molecular formula is C19H22N2S. The van der Waals surface area contributed by atoms with Gasteiger partial charge in [0.2, 0.25) is 0 Å². The van der Waals surface area contributed by atoms with Crippen LogP contribution in [0.3, 0.4) is 0 Å². The normalized spacial score (nSPS) is 17.5. The molecule has 114 valence electrons. The van der Waals surface area contributed by atoms with Crippen LogP contribution in [0.5, 0.6) is 0 Å². The molecule has 0 radical (unpaired) electrons. The van der Waals surface area contributed by atoms with Crippen molar-refractivity contribution in [3.63, 3.8) is 0 Å². The van der Waals surface area contributed by atoms with Gasteiger partial charge < -0.3 is 5.32 Å². The maximum atomic E-state index is 5.01. The van der Waals surface area contributed by atoms with E-state index in [0.717, 1.165) is 23.9 Å². The summed E-state index contributed by atoms with van der Waals surface area (Å²) < 4.78 is 0. The second-order valence-corrected chi connectivity index (χ2v) is 6.79. The van der Waals surface area contributed by atoms with Crippen molar-refractivity contribution in [2.45, 2.75) is 26.3 Å². The topological polar surface area (TPSA) is 24.4 Å². The van der Waals surface area contributed by atoms with E-state index in [0.29, 0.717) is 0 Å². The van der Waals surface area contributed by atoms with Gasteiger partial charge in [0.25, 0.3) is 0 Å². The lowest BCUT2D eigenvalue weighted by Gasteiger charge is -2.18. The minimum absolute atomic E-state index is 0.176. The molecule has 1 aliphatic heterocycles. The van der Waals surface area contributed by atoms with E-state index in [1.807, 2.05) is 11.8 Å². The Hall–Kier alpha value is -1.74. The number of nitrogens with zero attached hydrogens (tertiary/aromatic N) is 1. The van der Waals surface area contributed by atoms with Crippen LogP contribution in [-0.2, 0) is 6.42 Å². The molecule has 1 N–H and O–H groups in total. The summed E-state index contributed by atoms with van der Waals surface area (Å²) in [6.45, 7) is 5.40. The van der Waals surface area contributed by atoms with Crippen LogP contribution < -0.4 is 5.32 Å². The van der Waals surface area contributed by atoms with Crippen LogP contribution in [0.4, 0.5) is 0 Å². The van der Waals surface area contributed by atoms with E-state index in [1.165, 1.54) is 22.3 Å². The predicted octanol–water partition coefficient (Wildman–Crippen LogP) is 4.28. The number of thioether (sulfide) groups is 1. The lowest BCUT2D eigenvalue weighted by atomic mass is 9.93. The third-order valence-electron chi connectivity index (χ3n) is 4.17. The number of aliphatic imine (C=N–C) groups is 1. The van der Waals surface area contributed by atoms with Gasteiger partial charge in [0.15, 0.2) is 5.17 Å². The summed E-state index contributed by atoms with van der Waals surface area (Å²) in [6.07, 6.45) is 0.941. The number of hydrogen-bond acceptors (Lipinski definition) is 2. The summed E-state index contributed by atoms with van der Waals surface area (Å²) in [5.74, 6) is 1.11. The average molecular weight is 310 g/mol. The van der Waals surface area contributed by atoms with Gasteiger partial charge in [0.1, 0.15) is 0 Å². The van der Waals surface area contributed by atoms with Crippen molar-refractivity contribution in [3.05, 3.63) is 70.8 Å². The highest BCUT2D eigenvalue weighted by Gasteiger charge is 2.17. The highest BCUT2D eigenvalue weighted by Crippen LogP contribution is 2.28. The average Bonchev–Trinajstić information content (AvgIpc) is 3.03. The number of hydrogen-bond donors (Lipinski definition) is 1. The van der Waals surface area contributed by atoms with Crippen LogP contribution in [0, 0.1) is 13.8 Å². The SMILES string of the molecule is Cc1cccc(C(Cc2ccccc2)/N=C2/NCCS2)c1C. The first-order valence-corrected chi connectivity index (χ1v) is 8.77. The van der Waals surface area contributed by atoms with Crippen LogP contribution in [-0.4, -0.2) is 17.5 Å². The molecule has 2 aromatic carbocycles. The van der Waals surface area contributed by atoms with Crippen molar-refractivity contribution < 1.29 is 0 Å². The molecule has 0 aliphatic carbocycles. The molecule has 0 spiro atoms. The molecule has 1 atom stereocenters. The van der Waals surface area contributed by atoms with Gasteiger partial charge in [-0.15, -0.1) is 0 Å². The van der Waals surface area contributed by atoms with E-state index in [9.17, 15) is 0 Å². The van der Waals surface area contributed by atoms with Crippen molar-refractivity contribution in [1.82, 2.24) is 5.32 Å². The van der Waals surface area contributed by atoms with Crippen molar-refractivity contribution in [3.8, 4) is 0 Å². The molecule has 0 saturated carbocycles. The minimum atomic E-state index is 0.176.